The van der Waals surface area contributed by atoms with Crippen molar-refractivity contribution in [2.75, 3.05) is 6.54 Å². The summed E-state index contributed by atoms with van der Waals surface area (Å²) in [6.07, 6.45) is -1.32. The summed E-state index contributed by atoms with van der Waals surface area (Å²) in [6.45, 7) is 0.687. The van der Waals surface area contributed by atoms with E-state index in [1.54, 1.807) is 0 Å². The van der Waals surface area contributed by atoms with E-state index >= 15 is 0 Å². The van der Waals surface area contributed by atoms with Crippen molar-refractivity contribution in [2.45, 2.75) is 23.6 Å². The van der Waals surface area contributed by atoms with E-state index < -0.39 is 12.3 Å². The van der Waals surface area contributed by atoms with Crippen molar-refractivity contribution in [3.63, 3.8) is 0 Å². The monoisotopic (exact) mass is 313 g/mol. The van der Waals surface area contributed by atoms with Gasteiger partial charge in [0.25, 0.3) is 0 Å². The third-order valence-electron chi connectivity index (χ3n) is 3.68. The summed E-state index contributed by atoms with van der Waals surface area (Å²) >= 11 is 3.41. The molecule has 0 N–H and O–H groups in total. The summed E-state index contributed by atoms with van der Waals surface area (Å²) in [4.78, 5) is 13.4. The van der Waals surface area contributed by atoms with Gasteiger partial charge < -0.3 is 9.64 Å². The number of alkyl halides is 2. The van der Waals surface area contributed by atoms with Crippen molar-refractivity contribution in [3.8, 4) is 0 Å². The number of carbonyl (C=O) groups excluding carboxylic acids is 1. The highest BCUT2D eigenvalue weighted by Gasteiger charge is 2.61. The second-order valence-corrected chi connectivity index (χ2v) is 5.79. The number of hydrogen-bond donors (Lipinski definition) is 0. The lowest BCUT2D eigenvalue weighted by Crippen LogP contribution is -2.52. The number of benzene rings is 1. The van der Waals surface area contributed by atoms with E-state index in [2.05, 4.69) is 15.9 Å². The van der Waals surface area contributed by atoms with Crippen LogP contribution >= 0.6 is 15.9 Å². The van der Waals surface area contributed by atoms with Crippen molar-refractivity contribution >= 4 is 22.0 Å². The van der Waals surface area contributed by atoms with Crippen LogP contribution in [-0.2, 0) is 11.3 Å². The average molecular weight is 314 g/mol. The Balaban J connectivity index is 1.57. The molecule has 3 nitrogen and oxygen atoms in total. The molecular formula is C13H13BrFNO2. The number of amides is 1. The van der Waals surface area contributed by atoms with E-state index in [4.69, 9.17) is 4.74 Å². The topological polar surface area (TPSA) is 29.5 Å². The highest BCUT2D eigenvalue weighted by Crippen LogP contribution is 2.47. The van der Waals surface area contributed by atoms with Crippen LogP contribution in [0.25, 0.3) is 0 Å². The minimum atomic E-state index is -0.904. The van der Waals surface area contributed by atoms with Crippen molar-refractivity contribution < 1.29 is 13.9 Å². The third kappa shape index (κ3) is 1.81. The van der Waals surface area contributed by atoms with Crippen molar-refractivity contribution in [1.29, 1.82) is 0 Å². The Labute approximate surface area is 113 Å². The van der Waals surface area contributed by atoms with Gasteiger partial charge >= 0.3 is 6.09 Å². The van der Waals surface area contributed by atoms with E-state index in [-0.39, 0.29) is 23.4 Å². The predicted molar refractivity (Wildman–Crippen MR) is 68.2 cm³/mol. The number of halogens is 2. The van der Waals surface area contributed by atoms with E-state index in [9.17, 15) is 9.18 Å². The molecular weight excluding hydrogens is 301 g/mol. The zero-order valence-corrected chi connectivity index (χ0v) is 11.2. The molecule has 5 heteroatoms. The molecule has 1 aliphatic carbocycles. The molecule has 1 aromatic carbocycles. The molecule has 4 unspecified atom stereocenters. The minimum Gasteiger partial charge on any atom is -0.445 e. The molecule has 2 saturated heterocycles. The first-order chi connectivity index (χ1) is 8.68. The van der Waals surface area contributed by atoms with Gasteiger partial charge in [0, 0.05) is 17.3 Å². The molecule has 1 amide bonds. The van der Waals surface area contributed by atoms with Crippen LogP contribution in [-0.4, -0.2) is 34.6 Å². The van der Waals surface area contributed by atoms with Crippen LogP contribution in [0.15, 0.2) is 30.3 Å². The molecule has 18 heavy (non-hydrogen) atoms. The Morgan fingerprint density at radius 3 is 2.72 bits per heavy atom. The van der Waals surface area contributed by atoms with Crippen LogP contribution in [0.4, 0.5) is 9.18 Å². The molecule has 1 aromatic rings. The minimum absolute atomic E-state index is 0.0701. The molecule has 4 atom stereocenters. The van der Waals surface area contributed by atoms with Gasteiger partial charge in [-0.15, -0.1) is 0 Å². The zero-order chi connectivity index (χ0) is 12.7. The molecule has 1 saturated carbocycles. The molecule has 4 rings (SSSR count). The van der Waals surface area contributed by atoms with E-state index in [1.165, 1.54) is 4.90 Å². The van der Waals surface area contributed by atoms with Crippen molar-refractivity contribution in [3.05, 3.63) is 35.9 Å². The van der Waals surface area contributed by atoms with Crippen LogP contribution in [0.2, 0.25) is 0 Å². The predicted octanol–water partition coefficient (Wildman–Crippen LogP) is 2.74. The number of nitrogens with zero attached hydrogens (tertiary/aromatic N) is 1. The van der Waals surface area contributed by atoms with E-state index in [0.717, 1.165) is 5.56 Å². The maximum Gasteiger partial charge on any atom is 0.410 e. The van der Waals surface area contributed by atoms with Gasteiger partial charge in [-0.25, -0.2) is 9.18 Å². The maximum absolute atomic E-state index is 13.5. The second kappa shape index (κ2) is 4.53. The molecule has 0 radical (unpaired) electrons. The van der Waals surface area contributed by atoms with Crippen LogP contribution in [0.5, 0.6) is 0 Å². The first kappa shape index (κ1) is 12.0. The molecule has 3 aliphatic rings. The van der Waals surface area contributed by atoms with Crippen LogP contribution in [0, 0.1) is 5.92 Å². The van der Waals surface area contributed by atoms with Gasteiger partial charge in [0.15, 0.2) is 0 Å². The fourth-order valence-corrected chi connectivity index (χ4v) is 3.64. The van der Waals surface area contributed by atoms with Gasteiger partial charge in [0.1, 0.15) is 12.8 Å². The molecule has 2 bridgehead atoms. The quantitative estimate of drug-likeness (QED) is 0.786. The Bertz CT molecular complexity index is 446. The fourth-order valence-electron chi connectivity index (χ4n) is 2.60. The van der Waals surface area contributed by atoms with E-state index in [1.807, 2.05) is 30.3 Å². The Kier molecular flexibility index (Phi) is 3.01. The lowest BCUT2D eigenvalue weighted by atomic mass is 9.84. The van der Waals surface area contributed by atoms with Crippen molar-refractivity contribution in [2.24, 2.45) is 5.92 Å². The highest BCUT2D eigenvalue weighted by molar-refractivity contribution is 9.09. The second-order valence-electron chi connectivity index (χ2n) is 4.74. The summed E-state index contributed by atoms with van der Waals surface area (Å²) in [5.74, 6) is -0.0701. The third-order valence-corrected chi connectivity index (χ3v) is 4.90. The van der Waals surface area contributed by atoms with Gasteiger partial charge in [-0.2, -0.15) is 0 Å². The molecule has 0 spiro atoms. The van der Waals surface area contributed by atoms with Crippen molar-refractivity contribution in [1.82, 2.24) is 4.90 Å². The lowest BCUT2D eigenvalue weighted by Gasteiger charge is -2.35. The molecule has 2 aliphatic heterocycles. The van der Waals surface area contributed by atoms with Crippen LogP contribution < -0.4 is 0 Å². The average Bonchev–Trinajstić information content (AvgIpc) is 2.94. The highest BCUT2D eigenvalue weighted by atomic mass is 79.9. The van der Waals surface area contributed by atoms with Gasteiger partial charge in [-0.05, 0) is 5.56 Å². The summed E-state index contributed by atoms with van der Waals surface area (Å²) < 4.78 is 18.7. The fraction of sp³-hybridized carbons (Fsp3) is 0.462. The first-order valence-electron chi connectivity index (χ1n) is 5.94. The molecule has 0 aromatic heterocycles. The SMILES string of the molecule is O=C(OCc1ccccc1)N1CC2C(F)C1C2Br. The number of rotatable bonds is 2. The Morgan fingerprint density at radius 1 is 1.44 bits per heavy atom. The zero-order valence-electron chi connectivity index (χ0n) is 9.63. The number of fused-ring (bicyclic) bond motifs is 1. The summed E-state index contributed by atoms with van der Waals surface area (Å²) in [5.41, 5.74) is 0.935. The van der Waals surface area contributed by atoms with Gasteiger partial charge in [0.2, 0.25) is 0 Å². The van der Waals surface area contributed by atoms with Gasteiger partial charge in [-0.1, -0.05) is 46.3 Å². The first-order valence-corrected chi connectivity index (χ1v) is 6.85. The summed E-state index contributed by atoms with van der Waals surface area (Å²) in [6, 6.07) is 9.12. The number of ether oxygens (including phenoxy) is 1. The van der Waals surface area contributed by atoms with Gasteiger partial charge in [0.05, 0.1) is 6.04 Å². The lowest BCUT2D eigenvalue weighted by molar-refractivity contribution is 0.0747. The Hall–Kier alpha value is -1.10. The largest absolute Gasteiger partial charge is 0.445 e. The van der Waals surface area contributed by atoms with Crippen LogP contribution in [0.3, 0.4) is 0 Å². The summed E-state index contributed by atoms with van der Waals surface area (Å²) in [7, 11) is 0. The normalized spacial score (nSPS) is 33.1. The molecule has 96 valence electrons. The maximum atomic E-state index is 13.5. The van der Waals surface area contributed by atoms with E-state index in [0.29, 0.717) is 6.54 Å². The molecule has 3 fully saturated rings. The van der Waals surface area contributed by atoms with Crippen LogP contribution in [0.1, 0.15) is 5.56 Å². The standard InChI is InChI=1S/C13H13BrFNO2/c14-10-9-6-16(12(10)11(9)15)13(17)18-7-8-4-2-1-3-5-8/h1-5,9-12H,6-7H2. The smallest absolute Gasteiger partial charge is 0.410 e. The number of hydrogen-bond acceptors (Lipinski definition) is 2. The molecule has 2 heterocycles. The summed E-state index contributed by atoms with van der Waals surface area (Å²) in [5, 5.41) is 0. The van der Waals surface area contributed by atoms with Gasteiger partial charge in [-0.3, -0.25) is 0 Å². The number of carbonyl (C=O) groups is 1. The Morgan fingerprint density at radius 2 is 2.17 bits per heavy atom.